The summed E-state index contributed by atoms with van der Waals surface area (Å²) < 4.78 is 6.28. The van der Waals surface area contributed by atoms with Crippen LogP contribution in [0.4, 0.5) is 0 Å². The van der Waals surface area contributed by atoms with E-state index in [4.69, 9.17) is 4.74 Å². The van der Waals surface area contributed by atoms with E-state index in [1.165, 1.54) is 32.1 Å². The van der Waals surface area contributed by atoms with Crippen molar-refractivity contribution in [2.45, 2.75) is 65.4 Å². The molecule has 0 spiro atoms. The summed E-state index contributed by atoms with van der Waals surface area (Å²) in [7, 11) is 0. The number of ether oxygens (including phenoxy) is 1. The molecule has 0 radical (unpaired) electrons. The molecule has 3 atom stereocenters. The van der Waals surface area contributed by atoms with E-state index in [2.05, 4.69) is 27.7 Å². The lowest BCUT2D eigenvalue weighted by Gasteiger charge is -2.37. The maximum atomic E-state index is 6.28. The first kappa shape index (κ1) is 11.4. The van der Waals surface area contributed by atoms with Gasteiger partial charge in [-0.15, -0.1) is 0 Å². The Kier molecular flexibility index (Phi) is 2.87. The third-order valence-electron chi connectivity index (χ3n) is 4.85. The highest BCUT2D eigenvalue weighted by atomic mass is 16.5. The maximum absolute atomic E-state index is 6.28. The van der Waals surface area contributed by atoms with Crippen LogP contribution in [-0.4, -0.2) is 12.2 Å². The average Bonchev–Trinajstić information content (AvgIpc) is 2.75. The Morgan fingerprint density at radius 2 is 2.07 bits per heavy atom. The minimum Gasteiger partial charge on any atom is -0.374 e. The quantitative estimate of drug-likeness (QED) is 0.681. The van der Waals surface area contributed by atoms with E-state index in [9.17, 15) is 0 Å². The molecule has 1 heteroatoms. The summed E-state index contributed by atoms with van der Waals surface area (Å²) in [5.41, 5.74) is 0.570. The molecule has 88 valence electrons. The monoisotopic (exact) mass is 210 g/mol. The number of fused-ring (bicyclic) bond motifs is 2. The van der Waals surface area contributed by atoms with Gasteiger partial charge in [0.05, 0.1) is 12.2 Å². The molecule has 0 N–H and O–H groups in total. The van der Waals surface area contributed by atoms with Gasteiger partial charge in [0.1, 0.15) is 0 Å². The van der Waals surface area contributed by atoms with Crippen LogP contribution in [0.15, 0.2) is 0 Å². The van der Waals surface area contributed by atoms with Gasteiger partial charge in [0.15, 0.2) is 0 Å². The van der Waals surface area contributed by atoms with Gasteiger partial charge in [-0.05, 0) is 56.3 Å². The van der Waals surface area contributed by atoms with Crippen LogP contribution in [0.3, 0.4) is 0 Å². The van der Waals surface area contributed by atoms with Crippen molar-refractivity contribution in [3.8, 4) is 0 Å². The molecule has 15 heavy (non-hydrogen) atoms. The smallest absolute Gasteiger partial charge is 0.0685 e. The van der Waals surface area contributed by atoms with Crippen molar-refractivity contribution in [3.63, 3.8) is 0 Å². The summed E-state index contributed by atoms with van der Waals surface area (Å²) in [5.74, 6) is 1.83. The molecule has 0 aliphatic heterocycles. The molecule has 0 heterocycles. The molecule has 2 saturated carbocycles. The number of rotatable bonds is 4. The number of hydrogen-bond donors (Lipinski definition) is 0. The van der Waals surface area contributed by atoms with Crippen molar-refractivity contribution < 1.29 is 4.74 Å². The van der Waals surface area contributed by atoms with Gasteiger partial charge >= 0.3 is 0 Å². The molecule has 0 aromatic rings. The zero-order valence-corrected chi connectivity index (χ0v) is 10.8. The molecule has 2 rings (SSSR count). The number of hydrogen-bond acceptors (Lipinski definition) is 1. The molecule has 1 nitrogen and oxygen atoms in total. The predicted molar refractivity (Wildman–Crippen MR) is 63.9 cm³/mol. The van der Waals surface area contributed by atoms with Gasteiger partial charge in [-0.1, -0.05) is 20.8 Å². The van der Waals surface area contributed by atoms with Crippen molar-refractivity contribution in [2.24, 2.45) is 17.3 Å². The molecule has 0 amide bonds. The summed E-state index contributed by atoms with van der Waals surface area (Å²) in [4.78, 5) is 0. The highest BCUT2D eigenvalue weighted by molar-refractivity contribution is 4.99. The largest absolute Gasteiger partial charge is 0.374 e. The summed E-state index contributed by atoms with van der Waals surface area (Å²) >= 11 is 0. The summed E-state index contributed by atoms with van der Waals surface area (Å²) in [6, 6.07) is 0. The fraction of sp³-hybridized carbons (Fsp3) is 1.00. The standard InChI is InChI=1S/C14H26O/c1-5-13(2,3)10-15-14(4)9-11-6-7-12(14)8-11/h11-12H,5-10H2,1-4H3. The zero-order valence-electron chi connectivity index (χ0n) is 10.8. The lowest BCUT2D eigenvalue weighted by molar-refractivity contribution is -0.0974. The van der Waals surface area contributed by atoms with Gasteiger partial charge in [-0.3, -0.25) is 0 Å². The van der Waals surface area contributed by atoms with Crippen LogP contribution in [-0.2, 0) is 4.74 Å². The molecule has 2 fully saturated rings. The van der Waals surface area contributed by atoms with Crippen LogP contribution in [0.2, 0.25) is 0 Å². The lowest BCUT2D eigenvalue weighted by Crippen LogP contribution is -2.38. The van der Waals surface area contributed by atoms with E-state index in [1.54, 1.807) is 0 Å². The Hall–Kier alpha value is -0.0400. The van der Waals surface area contributed by atoms with E-state index in [0.29, 0.717) is 5.41 Å². The molecule has 2 aliphatic rings. The molecular formula is C14H26O. The topological polar surface area (TPSA) is 9.23 Å². The van der Waals surface area contributed by atoms with E-state index in [1.807, 2.05) is 0 Å². The van der Waals surface area contributed by atoms with E-state index < -0.39 is 0 Å². The predicted octanol–water partition coefficient (Wildman–Crippen LogP) is 4.02. The molecular weight excluding hydrogens is 184 g/mol. The molecule has 2 aliphatic carbocycles. The average molecular weight is 210 g/mol. The van der Waals surface area contributed by atoms with Crippen molar-refractivity contribution in [2.75, 3.05) is 6.61 Å². The normalized spacial score (nSPS) is 40.0. The van der Waals surface area contributed by atoms with Gasteiger partial charge in [0, 0.05) is 0 Å². The van der Waals surface area contributed by atoms with Crippen molar-refractivity contribution in [1.29, 1.82) is 0 Å². The van der Waals surface area contributed by atoms with Crippen LogP contribution < -0.4 is 0 Å². The van der Waals surface area contributed by atoms with Gasteiger partial charge in [0.25, 0.3) is 0 Å². The molecule has 2 bridgehead atoms. The maximum Gasteiger partial charge on any atom is 0.0685 e. The van der Waals surface area contributed by atoms with Crippen molar-refractivity contribution >= 4 is 0 Å². The van der Waals surface area contributed by atoms with Gasteiger partial charge in [0.2, 0.25) is 0 Å². The Balaban J connectivity index is 1.89. The third-order valence-corrected chi connectivity index (χ3v) is 4.85. The zero-order chi connectivity index (χ0) is 11.1. The van der Waals surface area contributed by atoms with E-state index in [0.717, 1.165) is 18.4 Å². The molecule has 3 unspecified atom stereocenters. The first-order valence-corrected chi connectivity index (χ1v) is 6.59. The molecule has 0 aromatic heterocycles. The second-order valence-electron chi connectivity index (χ2n) is 6.70. The van der Waals surface area contributed by atoms with Gasteiger partial charge in [-0.2, -0.15) is 0 Å². The Morgan fingerprint density at radius 1 is 1.33 bits per heavy atom. The molecule has 0 aromatic carbocycles. The lowest BCUT2D eigenvalue weighted by atomic mass is 9.84. The minimum absolute atomic E-state index is 0.218. The van der Waals surface area contributed by atoms with Crippen LogP contribution in [0.1, 0.15) is 59.8 Å². The summed E-state index contributed by atoms with van der Waals surface area (Å²) in [6.07, 6.45) is 6.83. The van der Waals surface area contributed by atoms with E-state index >= 15 is 0 Å². The second-order valence-corrected chi connectivity index (χ2v) is 6.70. The van der Waals surface area contributed by atoms with E-state index in [-0.39, 0.29) is 5.60 Å². The Bertz CT molecular complexity index is 233. The first-order chi connectivity index (χ1) is 6.95. The van der Waals surface area contributed by atoms with Crippen molar-refractivity contribution in [1.82, 2.24) is 0 Å². The second kappa shape index (κ2) is 3.76. The van der Waals surface area contributed by atoms with Crippen molar-refractivity contribution in [3.05, 3.63) is 0 Å². The summed E-state index contributed by atoms with van der Waals surface area (Å²) in [5, 5.41) is 0. The highest BCUT2D eigenvalue weighted by Gasteiger charge is 2.49. The van der Waals surface area contributed by atoms with Crippen LogP contribution in [0.5, 0.6) is 0 Å². The van der Waals surface area contributed by atoms with Gasteiger partial charge in [-0.25, -0.2) is 0 Å². The molecule has 0 saturated heterocycles. The Labute approximate surface area is 94.6 Å². The highest BCUT2D eigenvalue weighted by Crippen LogP contribution is 2.52. The SMILES string of the molecule is CCC(C)(C)COC1(C)CC2CCC1C2. The van der Waals surface area contributed by atoms with Gasteiger partial charge < -0.3 is 4.74 Å². The summed E-state index contributed by atoms with van der Waals surface area (Å²) in [6.45, 7) is 10.2. The fourth-order valence-electron chi connectivity index (χ4n) is 3.19. The van der Waals surface area contributed by atoms with Crippen LogP contribution in [0.25, 0.3) is 0 Å². The van der Waals surface area contributed by atoms with Crippen LogP contribution >= 0.6 is 0 Å². The first-order valence-electron chi connectivity index (χ1n) is 6.59. The minimum atomic E-state index is 0.218. The Morgan fingerprint density at radius 3 is 2.53 bits per heavy atom. The fourth-order valence-corrected chi connectivity index (χ4v) is 3.19. The third kappa shape index (κ3) is 2.22. The van der Waals surface area contributed by atoms with Crippen LogP contribution in [0, 0.1) is 17.3 Å².